The van der Waals surface area contributed by atoms with Crippen LogP contribution in [-0.2, 0) is 9.84 Å². The van der Waals surface area contributed by atoms with Crippen LogP contribution in [0.15, 0.2) is 70.9 Å². The number of hydrogen-bond donors (Lipinski definition) is 1. The van der Waals surface area contributed by atoms with Crippen molar-refractivity contribution in [1.29, 1.82) is 0 Å². The van der Waals surface area contributed by atoms with E-state index in [0.717, 1.165) is 12.1 Å². The Morgan fingerprint density at radius 3 is 2.38 bits per heavy atom. The number of thiophene rings is 1. The number of sulfone groups is 1. The first-order chi connectivity index (χ1) is 13.9. The summed E-state index contributed by atoms with van der Waals surface area (Å²) < 4.78 is 44.8. The topological polar surface area (TPSA) is 72.5 Å². The first-order valence-corrected chi connectivity index (χ1v) is 11.4. The molecule has 29 heavy (non-hydrogen) atoms. The number of halogens is 1. The normalized spacial score (nSPS) is 12.3. The summed E-state index contributed by atoms with van der Waals surface area (Å²) in [6.45, 7) is 2.29. The van der Waals surface area contributed by atoms with Crippen molar-refractivity contribution in [2.75, 3.05) is 13.2 Å². The zero-order valence-electron chi connectivity index (χ0n) is 15.7. The Kier molecular flexibility index (Phi) is 6.66. The molecule has 0 unspecified atom stereocenters. The Balaban J connectivity index is 1.80. The Labute approximate surface area is 173 Å². The summed E-state index contributed by atoms with van der Waals surface area (Å²) in [5, 5.41) is 3.50. The summed E-state index contributed by atoms with van der Waals surface area (Å²) in [5.74, 6) is -0.247. The van der Waals surface area contributed by atoms with Gasteiger partial charge < -0.3 is 10.1 Å². The summed E-state index contributed by atoms with van der Waals surface area (Å²) >= 11 is 1.29. The van der Waals surface area contributed by atoms with Crippen molar-refractivity contribution in [3.63, 3.8) is 0 Å². The minimum atomic E-state index is -3.82. The van der Waals surface area contributed by atoms with Gasteiger partial charge in [-0.05, 0) is 66.9 Å². The van der Waals surface area contributed by atoms with E-state index >= 15 is 0 Å². The summed E-state index contributed by atoms with van der Waals surface area (Å²) in [7, 11) is -3.82. The molecule has 0 aliphatic carbocycles. The zero-order valence-corrected chi connectivity index (χ0v) is 17.3. The second-order valence-electron chi connectivity index (χ2n) is 6.17. The fourth-order valence-corrected chi connectivity index (χ4v) is 5.57. The Bertz CT molecular complexity index is 1050. The lowest BCUT2D eigenvalue weighted by Gasteiger charge is -2.17. The van der Waals surface area contributed by atoms with Crippen molar-refractivity contribution in [1.82, 2.24) is 5.32 Å². The summed E-state index contributed by atoms with van der Waals surface area (Å²) in [6, 6.07) is 14.8. The molecule has 0 aliphatic rings. The molecule has 0 radical (unpaired) electrons. The van der Waals surface area contributed by atoms with Gasteiger partial charge in [-0.3, -0.25) is 4.79 Å². The molecule has 0 saturated heterocycles. The van der Waals surface area contributed by atoms with Gasteiger partial charge >= 0.3 is 0 Å². The molecule has 1 amide bonds. The molecular formula is C21H20FNO4S2. The van der Waals surface area contributed by atoms with E-state index in [1.54, 1.807) is 41.8 Å². The van der Waals surface area contributed by atoms with Gasteiger partial charge in [0.25, 0.3) is 5.91 Å². The quantitative estimate of drug-likeness (QED) is 0.540. The Morgan fingerprint density at radius 1 is 1.10 bits per heavy atom. The molecule has 0 aliphatic heterocycles. The summed E-state index contributed by atoms with van der Waals surface area (Å²) in [5.41, 5.74) is 0.401. The van der Waals surface area contributed by atoms with Crippen LogP contribution in [0.4, 0.5) is 4.39 Å². The number of ether oxygens (including phenoxy) is 1. The van der Waals surface area contributed by atoms with Crippen LogP contribution in [0.5, 0.6) is 5.75 Å². The number of nitrogens with one attached hydrogen (secondary N) is 1. The average Bonchev–Trinajstić information content (AvgIpc) is 3.23. The third-order valence-corrected chi connectivity index (χ3v) is 7.49. The van der Waals surface area contributed by atoms with E-state index in [2.05, 4.69) is 5.32 Å². The molecule has 3 rings (SSSR count). The maximum atomic E-state index is 13.2. The predicted molar refractivity (Wildman–Crippen MR) is 111 cm³/mol. The van der Waals surface area contributed by atoms with Crippen LogP contribution < -0.4 is 10.1 Å². The minimum Gasteiger partial charge on any atom is -0.494 e. The molecule has 152 valence electrons. The van der Waals surface area contributed by atoms with Crippen LogP contribution in [-0.4, -0.2) is 27.5 Å². The molecule has 0 fully saturated rings. The fraction of sp³-hybridized carbons (Fsp3) is 0.190. The molecule has 2 aromatic carbocycles. The predicted octanol–water partition coefficient (Wildman–Crippen LogP) is 4.23. The van der Waals surface area contributed by atoms with Gasteiger partial charge in [-0.25, -0.2) is 12.8 Å². The smallest absolute Gasteiger partial charge is 0.251 e. The molecule has 0 saturated carbocycles. The van der Waals surface area contributed by atoms with E-state index in [9.17, 15) is 17.6 Å². The molecule has 5 nitrogen and oxygen atoms in total. The number of rotatable bonds is 8. The number of hydrogen-bond acceptors (Lipinski definition) is 5. The summed E-state index contributed by atoms with van der Waals surface area (Å²) in [6.07, 6.45) is 0. The molecule has 0 bridgehead atoms. The highest BCUT2D eigenvalue weighted by molar-refractivity contribution is 7.91. The van der Waals surface area contributed by atoms with Gasteiger partial charge in [0.2, 0.25) is 0 Å². The van der Waals surface area contributed by atoms with Gasteiger partial charge in [0.1, 0.15) is 16.8 Å². The van der Waals surface area contributed by atoms with E-state index in [-0.39, 0.29) is 17.3 Å². The maximum absolute atomic E-state index is 13.2. The number of benzene rings is 2. The van der Waals surface area contributed by atoms with Crippen molar-refractivity contribution >= 4 is 27.1 Å². The molecule has 0 spiro atoms. The lowest BCUT2D eigenvalue weighted by molar-refractivity contribution is 0.0953. The molecule has 1 N–H and O–H groups in total. The third-order valence-electron chi connectivity index (χ3n) is 4.25. The lowest BCUT2D eigenvalue weighted by atomic mass is 10.2. The van der Waals surface area contributed by atoms with Gasteiger partial charge in [0.15, 0.2) is 9.84 Å². The Morgan fingerprint density at radius 2 is 1.79 bits per heavy atom. The first-order valence-electron chi connectivity index (χ1n) is 8.95. The molecule has 3 aromatic rings. The first kappa shape index (κ1) is 21.0. The molecule has 1 aromatic heterocycles. The molecule has 8 heteroatoms. The van der Waals surface area contributed by atoms with Crippen LogP contribution >= 0.6 is 11.3 Å². The van der Waals surface area contributed by atoms with Crippen LogP contribution in [0.25, 0.3) is 0 Å². The van der Waals surface area contributed by atoms with Crippen molar-refractivity contribution < 1.29 is 22.3 Å². The average molecular weight is 434 g/mol. The highest BCUT2D eigenvalue weighted by Gasteiger charge is 2.30. The minimum absolute atomic E-state index is 0.00705. The van der Waals surface area contributed by atoms with E-state index in [1.165, 1.54) is 23.5 Å². The highest BCUT2D eigenvalue weighted by Crippen LogP contribution is 2.31. The van der Waals surface area contributed by atoms with Crippen molar-refractivity contribution in [2.24, 2.45) is 0 Å². The molecule has 1 heterocycles. The van der Waals surface area contributed by atoms with Gasteiger partial charge in [-0.15, -0.1) is 11.3 Å². The van der Waals surface area contributed by atoms with Gasteiger partial charge in [0.05, 0.1) is 11.5 Å². The van der Waals surface area contributed by atoms with Crippen LogP contribution in [0.2, 0.25) is 0 Å². The van der Waals surface area contributed by atoms with E-state index in [1.807, 2.05) is 6.92 Å². The van der Waals surface area contributed by atoms with Crippen LogP contribution in [0.1, 0.15) is 27.4 Å². The van der Waals surface area contributed by atoms with E-state index in [0.29, 0.717) is 22.8 Å². The Hall–Kier alpha value is -2.71. The standard InChI is InChI=1S/C21H20FNO4S2/c1-2-27-17-9-5-15(6-10-17)21(24)23-14-20(19-4-3-13-28-19)29(25,26)18-11-7-16(22)8-12-18/h3-13,20H,2,14H2,1H3,(H,23,24)/t20-/m1/s1. The van der Waals surface area contributed by atoms with E-state index in [4.69, 9.17) is 4.74 Å². The van der Waals surface area contributed by atoms with Gasteiger partial charge in [0, 0.05) is 17.0 Å². The van der Waals surface area contributed by atoms with Crippen molar-refractivity contribution in [3.8, 4) is 5.75 Å². The fourth-order valence-electron chi connectivity index (χ4n) is 2.78. The van der Waals surface area contributed by atoms with Gasteiger partial charge in [-0.2, -0.15) is 0 Å². The SMILES string of the molecule is CCOc1ccc(C(=O)NC[C@H](c2cccs2)S(=O)(=O)c2ccc(F)cc2)cc1. The molecule has 1 atom stereocenters. The number of carbonyl (C=O) groups excluding carboxylic acids is 1. The van der Waals surface area contributed by atoms with E-state index < -0.39 is 20.9 Å². The summed E-state index contributed by atoms with van der Waals surface area (Å²) in [4.78, 5) is 13.1. The lowest BCUT2D eigenvalue weighted by Crippen LogP contribution is -2.31. The highest BCUT2D eigenvalue weighted by atomic mass is 32.2. The number of carbonyl (C=O) groups is 1. The number of amides is 1. The van der Waals surface area contributed by atoms with Crippen LogP contribution in [0, 0.1) is 5.82 Å². The molecular weight excluding hydrogens is 413 g/mol. The maximum Gasteiger partial charge on any atom is 0.251 e. The third kappa shape index (κ3) is 5.02. The zero-order chi connectivity index (χ0) is 20.9. The van der Waals surface area contributed by atoms with Crippen molar-refractivity contribution in [3.05, 3.63) is 82.3 Å². The largest absolute Gasteiger partial charge is 0.494 e. The van der Waals surface area contributed by atoms with Gasteiger partial charge in [-0.1, -0.05) is 6.07 Å². The van der Waals surface area contributed by atoms with Crippen LogP contribution in [0.3, 0.4) is 0 Å². The second kappa shape index (κ2) is 9.19. The monoisotopic (exact) mass is 433 g/mol. The second-order valence-corrected chi connectivity index (χ2v) is 9.28. The van der Waals surface area contributed by atoms with Crippen molar-refractivity contribution in [2.45, 2.75) is 17.1 Å².